The Hall–Kier alpha value is -0.750. The zero-order valence-electron chi connectivity index (χ0n) is 9.02. The third kappa shape index (κ3) is 2.63. The highest BCUT2D eigenvalue weighted by Crippen LogP contribution is 2.12. The molecule has 6 heteroatoms. The number of H-pyrrole nitrogens is 1. The lowest BCUT2D eigenvalue weighted by Gasteiger charge is -2.32. The average Bonchev–Trinajstić information content (AvgIpc) is 2.66. The SMILES string of the molecule is CC(Cn1[nH]nnc1=S)N1CCCCC1. The lowest BCUT2D eigenvalue weighted by atomic mass is 10.1. The molecule has 5 nitrogen and oxygen atoms in total. The normalized spacial score (nSPS) is 20.3. The summed E-state index contributed by atoms with van der Waals surface area (Å²) in [6.45, 7) is 5.49. The van der Waals surface area contributed by atoms with Gasteiger partial charge in [0.25, 0.3) is 0 Å². The van der Waals surface area contributed by atoms with Crippen LogP contribution in [0.5, 0.6) is 0 Å². The van der Waals surface area contributed by atoms with Gasteiger partial charge in [-0.05, 0) is 45.1 Å². The molecular formula is C9H17N5S. The van der Waals surface area contributed by atoms with Gasteiger partial charge >= 0.3 is 0 Å². The average molecular weight is 227 g/mol. The van der Waals surface area contributed by atoms with Crippen molar-refractivity contribution in [2.45, 2.75) is 38.8 Å². The van der Waals surface area contributed by atoms with Crippen LogP contribution in [0.3, 0.4) is 0 Å². The number of aromatic nitrogens is 4. The summed E-state index contributed by atoms with van der Waals surface area (Å²) >= 11 is 5.04. The van der Waals surface area contributed by atoms with Crippen LogP contribution in [0.25, 0.3) is 0 Å². The molecule has 1 N–H and O–H groups in total. The van der Waals surface area contributed by atoms with Gasteiger partial charge in [0.2, 0.25) is 4.77 Å². The highest BCUT2D eigenvalue weighted by molar-refractivity contribution is 7.71. The first-order valence-corrected chi connectivity index (χ1v) is 5.90. The maximum atomic E-state index is 5.04. The van der Waals surface area contributed by atoms with E-state index in [9.17, 15) is 0 Å². The van der Waals surface area contributed by atoms with Crippen LogP contribution < -0.4 is 0 Å². The lowest BCUT2D eigenvalue weighted by molar-refractivity contribution is 0.155. The third-order valence-corrected chi connectivity index (χ3v) is 3.29. The predicted molar refractivity (Wildman–Crippen MR) is 60.1 cm³/mol. The summed E-state index contributed by atoms with van der Waals surface area (Å²) < 4.78 is 2.37. The van der Waals surface area contributed by atoms with Gasteiger partial charge in [0, 0.05) is 6.04 Å². The van der Waals surface area contributed by atoms with Gasteiger partial charge in [-0.3, -0.25) is 4.90 Å². The Balaban J connectivity index is 1.94. The molecule has 2 heterocycles. The van der Waals surface area contributed by atoms with E-state index < -0.39 is 0 Å². The number of likely N-dealkylation sites (tertiary alicyclic amines) is 1. The summed E-state index contributed by atoms with van der Waals surface area (Å²) in [7, 11) is 0. The van der Waals surface area contributed by atoms with E-state index in [2.05, 4.69) is 27.3 Å². The number of rotatable bonds is 3. The highest BCUT2D eigenvalue weighted by Gasteiger charge is 2.17. The molecule has 1 atom stereocenters. The van der Waals surface area contributed by atoms with E-state index in [1.165, 1.54) is 32.4 Å². The van der Waals surface area contributed by atoms with Crippen LogP contribution in [-0.4, -0.2) is 44.2 Å². The molecule has 1 unspecified atom stereocenters. The molecule has 1 saturated heterocycles. The Morgan fingerprint density at radius 1 is 1.40 bits per heavy atom. The molecule has 0 spiro atoms. The van der Waals surface area contributed by atoms with E-state index in [0.717, 1.165) is 6.54 Å². The van der Waals surface area contributed by atoms with Crippen LogP contribution in [0, 0.1) is 4.77 Å². The van der Waals surface area contributed by atoms with Crippen molar-refractivity contribution in [3.8, 4) is 0 Å². The van der Waals surface area contributed by atoms with Crippen molar-refractivity contribution in [2.24, 2.45) is 0 Å². The minimum Gasteiger partial charge on any atom is -0.299 e. The summed E-state index contributed by atoms with van der Waals surface area (Å²) in [5.74, 6) is 0. The Labute approximate surface area is 94.4 Å². The number of hydrogen-bond acceptors (Lipinski definition) is 4. The van der Waals surface area contributed by atoms with E-state index in [1.54, 1.807) is 0 Å². The second kappa shape index (κ2) is 4.85. The molecular weight excluding hydrogens is 210 g/mol. The second-order valence-electron chi connectivity index (χ2n) is 4.14. The molecule has 0 saturated carbocycles. The van der Waals surface area contributed by atoms with Crippen molar-refractivity contribution in [2.75, 3.05) is 13.1 Å². The molecule has 1 fully saturated rings. The van der Waals surface area contributed by atoms with Crippen molar-refractivity contribution >= 4 is 12.2 Å². The maximum Gasteiger partial charge on any atom is 0.238 e. The molecule has 0 aliphatic carbocycles. The molecule has 0 amide bonds. The first-order valence-electron chi connectivity index (χ1n) is 5.49. The Kier molecular flexibility index (Phi) is 3.48. The van der Waals surface area contributed by atoms with E-state index >= 15 is 0 Å². The van der Waals surface area contributed by atoms with Crippen LogP contribution in [0.2, 0.25) is 0 Å². The largest absolute Gasteiger partial charge is 0.299 e. The molecule has 15 heavy (non-hydrogen) atoms. The van der Waals surface area contributed by atoms with E-state index in [-0.39, 0.29) is 0 Å². The number of nitrogens with zero attached hydrogens (tertiary/aromatic N) is 4. The highest BCUT2D eigenvalue weighted by atomic mass is 32.1. The van der Waals surface area contributed by atoms with Crippen LogP contribution >= 0.6 is 12.2 Å². The van der Waals surface area contributed by atoms with Crippen LogP contribution in [0.15, 0.2) is 0 Å². The summed E-state index contributed by atoms with van der Waals surface area (Å²) in [5, 5.41) is 10.3. The molecule has 1 aromatic rings. The molecule has 1 aromatic heterocycles. The molecule has 1 aliphatic rings. The van der Waals surface area contributed by atoms with Crippen LogP contribution in [-0.2, 0) is 6.54 Å². The van der Waals surface area contributed by atoms with Crippen molar-refractivity contribution in [1.29, 1.82) is 0 Å². The molecule has 0 aromatic carbocycles. The van der Waals surface area contributed by atoms with Gasteiger partial charge in [0.15, 0.2) is 0 Å². The zero-order valence-corrected chi connectivity index (χ0v) is 9.83. The number of hydrogen-bond donors (Lipinski definition) is 1. The smallest absolute Gasteiger partial charge is 0.238 e. The van der Waals surface area contributed by atoms with Gasteiger partial charge < -0.3 is 0 Å². The third-order valence-electron chi connectivity index (χ3n) is 2.99. The van der Waals surface area contributed by atoms with Crippen LogP contribution in [0.4, 0.5) is 0 Å². The Morgan fingerprint density at radius 3 is 2.73 bits per heavy atom. The van der Waals surface area contributed by atoms with Gasteiger partial charge in [-0.25, -0.2) is 4.68 Å². The minimum absolute atomic E-state index is 0.499. The number of nitrogens with one attached hydrogen (secondary N) is 1. The van der Waals surface area contributed by atoms with Gasteiger partial charge in [0.05, 0.1) is 6.54 Å². The van der Waals surface area contributed by atoms with E-state index in [4.69, 9.17) is 12.2 Å². The number of aromatic amines is 1. The van der Waals surface area contributed by atoms with Crippen molar-refractivity contribution in [3.05, 3.63) is 4.77 Å². The minimum atomic E-state index is 0.499. The lowest BCUT2D eigenvalue weighted by Crippen LogP contribution is -2.40. The van der Waals surface area contributed by atoms with Crippen LogP contribution in [0.1, 0.15) is 26.2 Å². The van der Waals surface area contributed by atoms with Crippen molar-refractivity contribution < 1.29 is 0 Å². The molecule has 0 bridgehead atoms. The number of piperidine rings is 1. The fourth-order valence-electron chi connectivity index (χ4n) is 2.07. The van der Waals surface area contributed by atoms with Crippen molar-refractivity contribution in [3.63, 3.8) is 0 Å². The van der Waals surface area contributed by atoms with Gasteiger partial charge in [0.1, 0.15) is 0 Å². The van der Waals surface area contributed by atoms with Gasteiger partial charge in [-0.15, -0.1) is 0 Å². The fraction of sp³-hybridized carbons (Fsp3) is 0.889. The maximum absolute atomic E-state index is 5.04. The summed E-state index contributed by atoms with van der Waals surface area (Å²) in [6.07, 6.45) is 4.00. The monoisotopic (exact) mass is 227 g/mol. The van der Waals surface area contributed by atoms with E-state index in [0.29, 0.717) is 10.8 Å². The van der Waals surface area contributed by atoms with Gasteiger partial charge in [-0.2, -0.15) is 5.21 Å². The number of tetrazole rings is 1. The van der Waals surface area contributed by atoms with E-state index in [1.807, 2.05) is 4.68 Å². The molecule has 84 valence electrons. The quantitative estimate of drug-likeness (QED) is 0.789. The second-order valence-corrected chi connectivity index (χ2v) is 4.50. The zero-order chi connectivity index (χ0) is 10.7. The molecule has 1 aliphatic heterocycles. The van der Waals surface area contributed by atoms with Crippen molar-refractivity contribution in [1.82, 2.24) is 25.1 Å². The predicted octanol–water partition coefficient (Wildman–Crippen LogP) is 1.21. The topological polar surface area (TPSA) is 49.7 Å². The first kappa shape index (κ1) is 10.8. The summed E-state index contributed by atoms with van der Waals surface area (Å²) in [5.41, 5.74) is 0. The summed E-state index contributed by atoms with van der Waals surface area (Å²) in [6, 6.07) is 0.499. The fourth-order valence-corrected chi connectivity index (χ4v) is 2.23. The molecule has 2 rings (SSSR count). The first-order chi connectivity index (χ1) is 7.27. The standard InChI is InChI=1S/C9H17N5S/c1-8(13-5-3-2-4-6-13)7-14-9(15)10-11-12-14/h8H,2-7H2,1H3,(H,10,12,15). The Morgan fingerprint density at radius 2 is 2.13 bits per heavy atom. The van der Waals surface area contributed by atoms with Gasteiger partial charge in [-0.1, -0.05) is 16.7 Å². The summed E-state index contributed by atoms with van der Waals surface area (Å²) in [4.78, 5) is 2.51. The Bertz CT molecular complexity index is 351. The molecule has 0 radical (unpaired) electrons.